The van der Waals surface area contributed by atoms with Crippen LogP contribution in [0, 0.1) is 6.85 Å². The molecule has 0 N–H and O–H groups in total. The largest absolute Gasteiger partial charge is 1.00 e. The molecule has 0 fully saturated rings. The van der Waals surface area contributed by atoms with Gasteiger partial charge in [0.25, 0.3) is 5.56 Å². The van der Waals surface area contributed by atoms with E-state index in [0.29, 0.717) is 0 Å². The summed E-state index contributed by atoms with van der Waals surface area (Å²) >= 11 is 0. The fourth-order valence-corrected chi connectivity index (χ4v) is 1.38. The topological polar surface area (TPSA) is 87.1 Å². The molecular weight excluding hydrogens is 259 g/mol. The van der Waals surface area contributed by atoms with Crippen LogP contribution in [0.3, 0.4) is 0 Å². The van der Waals surface area contributed by atoms with Crippen LogP contribution in [-0.2, 0) is 0 Å². The molecule has 0 bridgehead atoms. The maximum absolute atomic E-state index is 12.5. The maximum atomic E-state index is 12.5. The predicted octanol–water partition coefficient (Wildman–Crippen LogP) is -3.18. The van der Waals surface area contributed by atoms with E-state index in [1.54, 1.807) is 0 Å². The Balaban J connectivity index is 0.00000192. The molecule has 8 heteroatoms. The van der Waals surface area contributed by atoms with Gasteiger partial charge in [0.15, 0.2) is 0 Å². The molecule has 18 heavy (non-hydrogen) atoms. The van der Waals surface area contributed by atoms with Crippen molar-refractivity contribution in [2.24, 2.45) is 0 Å². The van der Waals surface area contributed by atoms with Gasteiger partial charge in [0.2, 0.25) is 0 Å². The molecule has 0 aliphatic rings. The third kappa shape index (κ3) is 2.17. The summed E-state index contributed by atoms with van der Waals surface area (Å²) in [6.45, 7) is -2.54. The van der Waals surface area contributed by atoms with Gasteiger partial charge >= 0.3 is 51.4 Å². The van der Waals surface area contributed by atoms with E-state index in [-0.39, 0.29) is 80.2 Å². The van der Waals surface area contributed by atoms with E-state index < -0.39 is 18.6 Å². The van der Waals surface area contributed by atoms with Gasteiger partial charge in [-0.2, -0.15) is 5.21 Å². The third-order valence-electron chi connectivity index (χ3n) is 2.14. The molecule has 0 spiro atoms. The van der Waals surface area contributed by atoms with E-state index in [4.69, 9.17) is 6.85 Å². The Kier molecular flexibility index (Phi) is 2.47. The van der Waals surface area contributed by atoms with E-state index in [2.05, 4.69) is 25.6 Å². The van der Waals surface area contributed by atoms with E-state index >= 15 is 0 Å². The van der Waals surface area contributed by atoms with Crippen LogP contribution in [0.4, 0.5) is 0 Å². The number of rotatable bonds is 1. The number of tetrazole rings is 1. The third-order valence-corrected chi connectivity index (χ3v) is 2.14. The molecule has 7 nitrogen and oxygen atoms in total. The number of hydrogen-bond acceptors (Lipinski definition) is 5. The average molecular weight is 271 g/mol. The molecule has 0 atom stereocenters. The van der Waals surface area contributed by atoms with Gasteiger partial charge in [-0.3, -0.25) is 19.5 Å². The fraction of sp³-hybridized carbons (Fsp3) is 0.100. The van der Waals surface area contributed by atoms with Crippen molar-refractivity contribution in [3.8, 4) is 11.4 Å². The van der Waals surface area contributed by atoms with Crippen molar-refractivity contribution in [2.75, 3.05) is 0 Å². The quantitative estimate of drug-likeness (QED) is 0.434. The van der Waals surface area contributed by atoms with Crippen LogP contribution in [0.2, 0.25) is 0 Å². The number of aromatic nitrogens is 6. The van der Waals surface area contributed by atoms with Crippen molar-refractivity contribution in [1.29, 1.82) is 0 Å². The molecule has 0 aliphatic heterocycles. The molecule has 3 rings (SSSR count). The van der Waals surface area contributed by atoms with Crippen LogP contribution in [0.25, 0.3) is 17.0 Å². The van der Waals surface area contributed by atoms with Gasteiger partial charge in [0.1, 0.15) is 5.65 Å². The van der Waals surface area contributed by atoms with Gasteiger partial charge in [-0.1, -0.05) is 6.07 Å². The molecule has 0 amide bonds. The minimum atomic E-state index is -2.54. The predicted molar refractivity (Wildman–Crippen MR) is 58.3 cm³/mol. The SMILES string of the molecule is [2H]c1nc2c(C([2H])([2H])[2H])ccc([2H])n2c(=O)c1-c1nnn[n-]1.[K+]. The molecule has 3 aromatic heterocycles. The van der Waals surface area contributed by atoms with Gasteiger partial charge in [0.05, 0.1) is 8.30 Å². The van der Waals surface area contributed by atoms with Gasteiger partial charge in [0, 0.05) is 22.3 Å². The Hall–Kier alpha value is -0.934. The van der Waals surface area contributed by atoms with Gasteiger partial charge in [-0.05, 0) is 18.5 Å². The first-order valence-corrected chi connectivity index (χ1v) is 4.53. The number of nitrogens with zero attached hydrogens (tertiary/aromatic N) is 6. The zero-order valence-electron chi connectivity index (χ0n) is 14.2. The zero-order chi connectivity index (χ0) is 16.1. The minimum Gasteiger partial charge on any atom is -0.330 e. The Bertz CT molecular complexity index is 922. The van der Waals surface area contributed by atoms with Crippen molar-refractivity contribution >= 4 is 5.65 Å². The monoisotopic (exact) mass is 271 g/mol. The average Bonchev–Trinajstić information content (AvgIpc) is 2.90. The second-order valence-electron chi connectivity index (χ2n) is 3.14. The Morgan fingerprint density at radius 2 is 2.44 bits per heavy atom. The standard InChI is InChI=1S/C10H7N6O.K/c1-6-3-2-4-16-9(6)11-5-7(10(16)17)8-12-14-15-13-8;/h2-5H,1H3;/q-1;+1/i1D3,4D,5D;. The molecule has 84 valence electrons. The number of fused-ring (bicyclic) bond motifs is 1. The molecule has 3 aromatic rings. The van der Waals surface area contributed by atoms with Crippen LogP contribution in [0.5, 0.6) is 0 Å². The van der Waals surface area contributed by atoms with Crippen LogP contribution < -0.4 is 62.0 Å². The van der Waals surface area contributed by atoms with Crippen LogP contribution in [-0.4, -0.2) is 24.9 Å². The summed E-state index contributed by atoms with van der Waals surface area (Å²) in [5, 5.41) is 13.5. The Morgan fingerprint density at radius 1 is 1.56 bits per heavy atom. The first-order valence-electron chi connectivity index (χ1n) is 7.03. The molecule has 0 saturated heterocycles. The molecule has 3 heterocycles. The summed E-state index contributed by atoms with van der Waals surface area (Å²) in [7, 11) is 0. The Labute approximate surface area is 151 Å². The van der Waals surface area contributed by atoms with Crippen LogP contribution >= 0.6 is 0 Å². The summed E-state index contributed by atoms with van der Waals surface area (Å²) in [6, 6.07) is 2.37. The molecular formula is C10H7KN6O. The van der Waals surface area contributed by atoms with Gasteiger partial charge in [-0.15, -0.1) is 0 Å². The number of aryl methyl sites for hydroxylation is 1. The fourth-order valence-electron chi connectivity index (χ4n) is 1.38. The molecule has 0 aliphatic carbocycles. The molecule has 0 aromatic carbocycles. The summed E-state index contributed by atoms with van der Waals surface area (Å²) in [5.41, 5.74) is -1.60. The van der Waals surface area contributed by atoms with Gasteiger partial charge < -0.3 is 5.10 Å². The second-order valence-corrected chi connectivity index (χ2v) is 3.14. The van der Waals surface area contributed by atoms with Gasteiger partial charge in [-0.25, -0.2) is 4.98 Å². The zero-order valence-corrected chi connectivity index (χ0v) is 12.4. The van der Waals surface area contributed by atoms with Crippen molar-refractivity contribution in [1.82, 2.24) is 30.0 Å². The second kappa shape index (κ2) is 5.37. The van der Waals surface area contributed by atoms with Crippen molar-refractivity contribution in [3.05, 3.63) is 40.4 Å². The van der Waals surface area contributed by atoms with E-state index in [9.17, 15) is 4.79 Å². The van der Waals surface area contributed by atoms with Crippen molar-refractivity contribution < 1.29 is 58.2 Å². The normalized spacial score (nSPS) is 15.0. The van der Waals surface area contributed by atoms with Crippen molar-refractivity contribution in [2.45, 2.75) is 6.85 Å². The van der Waals surface area contributed by atoms with Crippen LogP contribution in [0.1, 0.15) is 12.4 Å². The smallest absolute Gasteiger partial charge is 0.330 e. The van der Waals surface area contributed by atoms with E-state index in [0.717, 1.165) is 4.40 Å². The first-order chi connectivity index (χ1) is 10.3. The molecule has 0 saturated carbocycles. The number of hydrogen-bond donors (Lipinski definition) is 0. The summed E-state index contributed by atoms with van der Waals surface area (Å²) in [5.74, 6) is -0.199. The van der Waals surface area contributed by atoms with Crippen LogP contribution in [0.15, 0.2) is 29.3 Å². The molecule has 0 unspecified atom stereocenters. The minimum absolute atomic E-state index is 0. The number of pyridine rings is 1. The summed E-state index contributed by atoms with van der Waals surface area (Å²) in [4.78, 5) is 16.3. The Morgan fingerprint density at radius 3 is 3.17 bits per heavy atom. The maximum Gasteiger partial charge on any atom is 1.00 e. The summed E-state index contributed by atoms with van der Waals surface area (Å²) < 4.78 is 38.8. The first kappa shape index (κ1) is 8.28. The van der Waals surface area contributed by atoms with Crippen molar-refractivity contribution in [3.63, 3.8) is 0 Å². The molecule has 0 radical (unpaired) electrons. The van der Waals surface area contributed by atoms with E-state index in [1.165, 1.54) is 12.1 Å². The van der Waals surface area contributed by atoms with E-state index in [1.807, 2.05) is 0 Å². The summed E-state index contributed by atoms with van der Waals surface area (Å²) in [6.07, 6.45) is -0.773.